The average molecular weight is 510 g/mol. The van der Waals surface area contributed by atoms with Gasteiger partial charge in [-0.25, -0.2) is 9.59 Å². The molecule has 38 heavy (non-hydrogen) atoms. The van der Waals surface area contributed by atoms with Gasteiger partial charge < -0.3 is 4.74 Å². The van der Waals surface area contributed by atoms with Crippen LogP contribution in [-0.4, -0.2) is 48.1 Å². The van der Waals surface area contributed by atoms with Gasteiger partial charge in [-0.15, -0.1) is 15.3 Å². The molecule has 10 nitrogen and oxygen atoms in total. The van der Waals surface area contributed by atoms with Crippen molar-refractivity contribution in [3.63, 3.8) is 0 Å². The van der Waals surface area contributed by atoms with Gasteiger partial charge in [0, 0.05) is 12.0 Å². The first-order valence-corrected chi connectivity index (χ1v) is 12.4. The molecular weight excluding hydrogens is 482 g/mol. The van der Waals surface area contributed by atoms with Crippen LogP contribution in [0.5, 0.6) is 0 Å². The van der Waals surface area contributed by atoms with Gasteiger partial charge in [-0.3, -0.25) is 4.57 Å². The van der Waals surface area contributed by atoms with Crippen LogP contribution in [0.3, 0.4) is 0 Å². The van der Waals surface area contributed by atoms with Crippen molar-refractivity contribution in [3.8, 4) is 28.2 Å². The first kappa shape index (κ1) is 24.8. The average Bonchev–Trinajstić information content (AvgIpc) is 3.61. The lowest BCUT2D eigenvalue weighted by Gasteiger charge is -2.09. The van der Waals surface area contributed by atoms with E-state index in [-0.39, 0.29) is 5.69 Å². The van der Waals surface area contributed by atoms with Gasteiger partial charge >= 0.3 is 11.7 Å². The molecule has 0 amide bonds. The summed E-state index contributed by atoms with van der Waals surface area (Å²) in [5.74, 6) is 0.825. The van der Waals surface area contributed by atoms with Crippen LogP contribution in [0.25, 0.3) is 28.2 Å². The molecule has 0 bridgehead atoms. The van der Waals surface area contributed by atoms with E-state index in [1.165, 1.54) is 11.8 Å². The summed E-state index contributed by atoms with van der Waals surface area (Å²) in [6, 6.07) is 22.6. The molecule has 0 fully saturated rings. The van der Waals surface area contributed by atoms with Gasteiger partial charge in [-0.05, 0) is 52.6 Å². The normalized spacial score (nSPS) is 11.0. The third-order valence-electron chi connectivity index (χ3n) is 6.34. The maximum absolute atomic E-state index is 13.4. The van der Waals surface area contributed by atoms with E-state index in [9.17, 15) is 9.59 Å². The van der Waals surface area contributed by atoms with Gasteiger partial charge in [-0.2, -0.15) is 9.90 Å². The number of aromatic nitrogens is 7. The Morgan fingerprint density at radius 2 is 1.71 bits per heavy atom. The fourth-order valence-electron chi connectivity index (χ4n) is 4.32. The molecule has 0 aliphatic rings. The molecule has 1 N–H and O–H groups in total. The molecule has 192 valence electrons. The van der Waals surface area contributed by atoms with Crippen molar-refractivity contribution in [2.45, 2.75) is 32.7 Å². The van der Waals surface area contributed by atoms with Gasteiger partial charge in [-0.1, -0.05) is 61.9 Å². The minimum absolute atomic E-state index is 0.228. The van der Waals surface area contributed by atoms with Crippen molar-refractivity contribution in [2.75, 3.05) is 7.11 Å². The number of nitrogens with one attached hydrogen (secondary N) is 1. The third-order valence-corrected chi connectivity index (χ3v) is 6.34. The lowest BCUT2D eigenvalue weighted by molar-refractivity contribution is 0.0600. The highest BCUT2D eigenvalue weighted by atomic mass is 16.5. The molecule has 0 aliphatic heterocycles. The van der Waals surface area contributed by atoms with Crippen LogP contribution in [0.1, 0.15) is 41.5 Å². The summed E-state index contributed by atoms with van der Waals surface area (Å²) < 4.78 is 7.87. The smallest absolute Gasteiger partial charge is 0.351 e. The number of aromatic amines is 1. The number of esters is 1. The van der Waals surface area contributed by atoms with Gasteiger partial charge in [0.25, 0.3) is 0 Å². The summed E-state index contributed by atoms with van der Waals surface area (Å²) in [4.78, 5) is 25.2. The van der Waals surface area contributed by atoms with E-state index in [4.69, 9.17) is 4.74 Å². The quantitative estimate of drug-likeness (QED) is 0.298. The van der Waals surface area contributed by atoms with E-state index in [0.29, 0.717) is 30.0 Å². The number of ether oxygens (including phenoxy) is 1. The van der Waals surface area contributed by atoms with Crippen molar-refractivity contribution in [1.29, 1.82) is 0 Å². The Labute approximate surface area is 218 Å². The number of unbranched alkanes of at least 4 members (excludes halogenated alkanes) is 1. The molecule has 0 saturated heterocycles. The number of hydrogen-bond acceptors (Lipinski definition) is 7. The molecule has 2 heterocycles. The lowest BCUT2D eigenvalue weighted by atomic mass is 9.98. The van der Waals surface area contributed by atoms with E-state index in [2.05, 4.69) is 32.6 Å². The molecule has 5 aromatic rings. The maximum atomic E-state index is 13.4. The number of benzene rings is 3. The second-order valence-corrected chi connectivity index (χ2v) is 8.82. The summed E-state index contributed by atoms with van der Waals surface area (Å²) in [7, 11) is 1.33. The van der Waals surface area contributed by atoms with E-state index >= 15 is 0 Å². The molecule has 2 aromatic heterocycles. The Morgan fingerprint density at radius 1 is 0.974 bits per heavy atom. The minimum atomic E-state index is -0.429. The first-order chi connectivity index (χ1) is 18.6. The molecule has 0 spiro atoms. The second kappa shape index (κ2) is 11.0. The lowest BCUT2D eigenvalue weighted by Crippen LogP contribution is -2.25. The molecule has 10 heteroatoms. The Hall–Kier alpha value is -4.86. The maximum Gasteiger partial charge on any atom is 0.351 e. The van der Waals surface area contributed by atoms with Crippen LogP contribution in [0.4, 0.5) is 0 Å². The van der Waals surface area contributed by atoms with Gasteiger partial charge in [0.2, 0.25) is 5.82 Å². The zero-order valence-electron chi connectivity index (χ0n) is 21.2. The summed E-state index contributed by atoms with van der Waals surface area (Å²) in [6.45, 7) is 2.50. The molecule has 5 rings (SSSR count). The number of aryl methyl sites for hydroxylation is 1. The van der Waals surface area contributed by atoms with Crippen LogP contribution in [0.15, 0.2) is 77.6 Å². The summed E-state index contributed by atoms with van der Waals surface area (Å²) in [6.07, 6.45) is 2.60. The second-order valence-electron chi connectivity index (χ2n) is 8.82. The molecule has 3 aromatic carbocycles. The van der Waals surface area contributed by atoms with Crippen LogP contribution >= 0.6 is 0 Å². The van der Waals surface area contributed by atoms with Crippen molar-refractivity contribution >= 4 is 5.97 Å². The molecular formula is C28H27N7O3. The molecule has 0 aliphatic carbocycles. The standard InChI is InChI=1S/C28H27N7O3/c1-3-4-9-25-31-35(22-16-14-21(15-17-22)27(36)38-2)28(37)34(25)18-19-10-12-20(13-11-19)23-7-5-6-8-24(23)26-29-32-33-30-26/h5-8,10-17H,3-4,9,18H2,1-2H3,(H,29,30,32,33). The van der Waals surface area contributed by atoms with Crippen LogP contribution in [0.2, 0.25) is 0 Å². The molecule has 0 saturated carbocycles. The fourth-order valence-corrected chi connectivity index (χ4v) is 4.32. The molecule has 0 radical (unpaired) electrons. The van der Waals surface area contributed by atoms with E-state index in [1.54, 1.807) is 28.8 Å². The van der Waals surface area contributed by atoms with Crippen LogP contribution < -0.4 is 5.69 Å². The Balaban J connectivity index is 1.44. The Morgan fingerprint density at radius 3 is 2.37 bits per heavy atom. The number of carbonyl (C=O) groups is 1. The molecule has 0 atom stereocenters. The third kappa shape index (κ3) is 5.01. The minimum Gasteiger partial charge on any atom is -0.465 e. The van der Waals surface area contributed by atoms with Gasteiger partial charge in [0.15, 0.2) is 0 Å². The van der Waals surface area contributed by atoms with Crippen molar-refractivity contribution in [2.24, 2.45) is 0 Å². The summed E-state index contributed by atoms with van der Waals surface area (Å²) in [5, 5.41) is 19.1. The predicted octanol–water partition coefficient (Wildman–Crippen LogP) is 4.06. The van der Waals surface area contributed by atoms with Gasteiger partial charge in [0.1, 0.15) is 5.82 Å². The Kier molecular flexibility index (Phi) is 7.21. The number of H-pyrrole nitrogens is 1. The molecule has 0 unspecified atom stereocenters. The van der Waals surface area contributed by atoms with Gasteiger partial charge in [0.05, 0.1) is 24.9 Å². The van der Waals surface area contributed by atoms with E-state index < -0.39 is 5.97 Å². The van der Waals surface area contributed by atoms with Crippen molar-refractivity contribution in [3.05, 3.63) is 100 Å². The fraction of sp³-hybridized carbons (Fsp3) is 0.214. The van der Waals surface area contributed by atoms with E-state index in [0.717, 1.165) is 40.9 Å². The number of methoxy groups -OCH3 is 1. The number of carbonyl (C=O) groups excluding carboxylic acids is 1. The number of rotatable bonds is 9. The van der Waals surface area contributed by atoms with Crippen molar-refractivity contribution in [1.82, 2.24) is 35.0 Å². The summed E-state index contributed by atoms with van der Waals surface area (Å²) >= 11 is 0. The number of tetrazole rings is 1. The zero-order valence-corrected chi connectivity index (χ0v) is 21.2. The predicted molar refractivity (Wildman–Crippen MR) is 142 cm³/mol. The van der Waals surface area contributed by atoms with Crippen molar-refractivity contribution < 1.29 is 9.53 Å². The number of nitrogens with zero attached hydrogens (tertiary/aromatic N) is 6. The SMILES string of the molecule is CCCCc1nn(-c2ccc(C(=O)OC)cc2)c(=O)n1Cc1ccc(-c2ccccc2-c2nn[nH]n2)cc1. The topological polar surface area (TPSA) is 121 Å². The van der Waals surface area contributed by atoms with Crippen LogP contribution in [0, 0.1) is 0 Å². The van der Waals surface area contributed by atoms with E-state index in [1.807, 2.05) is 48.5 Å². The largest absolute Gasteiger partial charge is 0.465 e. The Bertz CT molecular complexity index is 1590. The monoisotopic (exact) mass is 509 g/mol. The first-order valence-electron chi connectivity index (χ1n) is 12.4. The highest BCUT2D eigenvalue weighted by molar-refractivity contribution is 5.89. The highest BCUT2D eigenvalue weighted by Gasteiger charge is 2.16. The highest BCUT2D eigenvalue weighted by Crippen LogP contribution is 2.29. The zero-order chi connectivity index (χ0) is 26.5. The number of hydrogen-bond donors (Lipinski definition) is 1. The van der Waals surface area contributed by atoms with Crippen LogP contribution in [-0.2, 0) is 17.7 Å². The summed E-state index contributed by atoms with van der Waals surface area (Å²) in [5.41, 5.74) is 4.63.